The Balaban J connectivity index is 1.45. The molecule has 2 amide bonds. The summed E-state index contributed by atoms with van der Waals surface area (Å²) in [6.45, 7) is -1.73. The van der Waals surface area contributed by atoms with Gasteiger partial charge in [-0.05, 0) is 12.1 Å². The van der Waals surface area contributed by atoms with Crippen LogP contribution in [0.3, 0.4) is 0 Å². The molecular weight excluding hydrogens is 643 g/mol. The van der Waals surface area contributed by atoms with E-state index in [0.717, 1.165) is 30.6 Å². The van der Waals surface area contributed by atoms with Crippen LogP contribution in [0, 0.1) is 11.3 Å². The van der Waals surface area contributed by atoms with Crippen LogP contribution < -0.4 is 15.5 Å². The molecule has 1 saturated carbocycles. The number of phosphoric ester groups is 1. The minimum atomic E-state index is -5.04. The van der Waals surface area contributed by atoms with Crippen molar-refractivity contribution in [3.05, 3.63) is 41.3 Å². The number of likely N-dealkylation sites (tertiary alicyclic amines) is 1. The van der Waals surface area contributed by atoms with E-state index in [1.807, 2.05) is 0 Å². The number of aromatic nitrogens is 4. The molecule has 0 unspecified atom stereocenters. The third-order valence-corrected chi connectivity index (χ3v) is 7.82. The molecule has 2 atom stereocenters. The lowest BCUT2D eigenvalue weighted by Crippen LogP contribution is -2.47. The van der Waals surface area contributed by atoms with E-state index in [2.05, 4.69) is 19.9 Å². The van der Waals surface area contributed by atoms with Crippen molar-refractivity contribution in [2.75, 3.05) is 20.2 Å². The van der Waals surface area contributed by atoms with E-state index in [1.165, 1.54) is 0 Å². The van der Waals surface area contributed by atoms with Gasteiger partial charge >= 0.3 is 14.0 Å². The van der Waals surface area contributed by atoms with Crippen LogP contribution in [0.1, 0.15) is 28.8 Å². The van der Waals surface area contributed by atoms with Crippen LogP contribution in [0.4, 0.5) is 26.3 Å². The summed E-state index contributed by atoms with van der Waals surface area (Å²) >= 11 is 0. The van der Waals surface area contributed by atoms with E-state index in [4.69, 9.17) is 19.9 Å². The van der Waals surface area contributed by atoms with Crippen LogP contribution in [0.5, 0.6) is 5.88 Å². The summed E-state index contributed by atoms with van der Waals surface area (Å²) < 4.78 is 105. The van der Waals surface area contributed by atoms with Gasteiger partial charge in [0.05, 0.1) is 31.0 Å². The maximum Gasteiger partial charge on any atom is 0.471 e. The molecule has 3 aromatic heterocycles. The van der Waals surface area contributed by atoms with Gasteiger partial charge in [0.15, 0.2) is 5.49 Å². The monoisotopic (exact) mass is 667 g/mol. The molecule has 1 aliphatic carbocycles. The first-order valence-corrected chi connectivity index (χ1v) is 14.5. The van der Waals surface area contributed by atoms with Crippen molar-refractivity contribution >= 4 is 25.2 Å². The number of hydrogen-bond donors (Lipinski definition) is 4. The Bertz CT molecular complexity index is 1770. The standard InChI is InChI=1S/C24H24F6N7O7P/c1-43-21-13(20(38)34-16-8-35(7-15(16)25)22(39)12-4-23(26,27)5-12)2-11(6-32-21)17-3-14(24(28,29)30)18-19(31)36(9-33-37(17)18)10-44-45(40,41)42/h2-3,6,9,12,15-16,31H,4-5,7-8,10H2,1H3,(H,34,38)(H2,40,41,42)/t15-,16+/m0/s1. The van der Waals surface area contributed by atoms with Crippen LogP contribution in [0.15, 0.2) is 24.7 Å². The zero-order chi connectivity index (χ0) is 33.1. The number of alkyl halides is 6. The summed E-state index contributed by atoms with van der Waals surface area (Å²) in [5, 5.41) is 14.5. The second-order valence-electron chi connectivity index (χ2n) is 10.5. The fourth-order valence-corrected chi connectivity index (χ4v) is 5.43. The van der Waals surface area contributed by atoms with Crippen molar-refractivity contribution in [3.63, 3.8) is 0 Å². The Morgan fingerprint density at radius 2 is 1.91 bits per heavy atom. The van der Waals surface area contributed by atoms with Gasteiger partial charge in [-0.3, -0.25) is 24.1 Å². The number of halogens is 6. The minimum Gasteiger partial charge on any atom is -0.480 e. The topological polar surface area (TPSA) is 184 Å². The SMILES string of the molecule is COc1ncc(-c2cc(C(F)(F)F)c3c(=N)n(COP(=O)(O)O)cnn23)cc1C(=O)N[C@@H]1CN(C(=O)C2CC(F)(F)C2)C[C@@H]1F. The average molecular weight is 667 g/mol. The number of carbonyl (C=O) groups is 2. The second-order valence-corrected chi connectivity index (χ2v) is 11.7. The molecule has 2 fully saturated rings. The Kier molecular flexibility index (Phi) is 8.22. The number of fused-ring (bicyclic) bond motifs is 1. The lowest BCUT2D eigenvalue weighted by Gasteiger charge is -2.36. The number of phosphoric acid groups is 1. The molecule has 4 N–H and O–H groups in total. The number of carbonyl (C=O) groups excluding carboxylic acids is 2. The Hall–Kier alpha value is -4.00. The molecule has 1 aliphatic heterocycles. The van der Waals surface area contributed by atoms with E-state index in [1.54, 1.807) is 0 Å². The third kappa shape index (κ3) is 6.54. The Morgan fingerprint density at radius 3 is 2.51 bits per heavy atom. The number of ether oxygens (including phenoxy) is 1. The predicted molar refractivity (Wildman–Crippen MR) is 137 cm³/mol. The summed E-state index contributed by atoms with van der Waals surface area (Å²) in [4.78, 5) is 48.6. The number of nitrogens with zero attached hydrogens (tertiary/aromatic N) is 5. The first-order chi connectivity index (χ1) is 20.9. The molecule has 244 valence electrons. The molecule has 2 aliphatic rings. The molecule has 0 radical (unpaired) electrons. The quantitative estimate of drug-likeness (QED) is 0.206. The normalized spacial score (nSPS) is 20.3. The van der Waals surface area contributed by atoms with Crippen molar-refractivity contribution in [1.29, 1.82) is 5.41 Å². The van der Waals surface area contributed by atoms with E-state index in [-0.39, 0.29) is 29.2 Å². The maximum absolute atomic E-state index is 14.8. The first-order valence-electron chi connectivity index (χ1n) is 13.0. The van der Waals surface area contributed by atoms with Crippen LogP contribution in [0.2, 0.25) is 0 Å². The summed E-state index contributed by atoms with van der Waals surface area (Å²) in [6, 6.07) is 0.482. The molecule has 0 spiro atoms. The van der Waals surface area contributed by atoms with Crippen LogP contribution in [-0.2, 0) is 26.8 Å². The number of rotatable bonds is 8. The largest absolute Gasteiger partial charge is 0.480 e. The van der Waals surface area contributed by atoms with Crippen LogP contribution >= 0.6 is 7.82 Å². The van der Waals surface area contributed by atoms with E-state index >= 15 is 0 Å². The highest BCUT2D eigenvalue weighted by atomic mass is 31.2. The zero-order valence-corrected chi connectivity index (χ0v) is 23.9. The number of nitrogens with one attached hydrogen (secondary N) is 2. The van der Waals surface area contributed by atoms with Crippen molar-refractivity contribution < 1.29 is 59.5 Å². The highest BCUT2D eigenvalue weighted by molar-refractivity contribution is 7.46. The molecule has 14 nitrogen and oxygen atoms in total. The van der Waals surface area contributed by atoms with Crippen molar-refractivity contribution in [2.45, 2.75) is 43.9 Å². The molecule has 0 aromatic carbocycles. The second kappa shape index (κ2) is 11.4. The Labute approximate surface area is 248 Å². The summed E-state index contributed by atoms with van der Waals surface area (Å²) in [5.74, 6) is -5.81. The smallest absolute Gasteiger partial charge is 0.471 e. The summed E-state index contributed by atoms with van der Waals surface area (Å²) in [5.41, 5.74) is -3.76. The highest BCUT2D eigenvalue weighted by Gasteiger charge is 2.51. The summed E-state index contributed by atoms with van der Waals surface area (Å²) in [6.07, 6.45) is -6.20. The van der Waals surface area contributed by atoms with Crippen LogP contribution in [0.25, 0.3) is 16.8 Å². The molecule has 3 aromatic rings. The number of hydrogen-bond acceptors (Lipinski definition) is 8. The lowest BCUT2D eigenvalue weighted by atomic mass is 9.80. The minimum absolute atomic E-state index is 0.117. The van der Waals surface area contributed by atoms with Gasteiger partial charge in [-0.25, -0.2) is 27.2 Å². The first kappa shape index (κ1) is 32.4. The molecule has 0 bridgehead atoms. The molecule has 21 heteroatoms. The predicted octanol–water partition coefficient (Wildman–Crippen LogP) is 2.10. The lowest BCUT2D eigenvalue weighted by molar-refractivity contribution is -0.159. The number of methoxy groups -OCH3 is 1. The van der Waals surface area contributed by atoms with Gasteiger partial charge in [0.2, 0.25) is 17.7 Å². The fourth-order valence-electron chi connectivity index (χ4n) is 5.15. The molecule has 1 saturated heterocycles. The fraction of sp³-hybridized carbons (Fsp3) is 0.458. The maximum atomic E-state index is 14.8. The van der Waals surface area contributed by atoms with Gasteiger partial charge in [0, 0.05) is 37.1 Å². The molecule has 5 rings (SSSR count). The Morgan fingerprint density at radius 1 is 1.22 bits per heavy atom. The number of pyridine rings is 1. The van der Waals surface area contributed by atoms with Gasteiger partial charge in [-0.15, -0.1) is 0 Å². The zero-order valence-electron chi connectivity index (χ0n) is 23.0. The van der Waals surface area contributed by atoms with E-state index in [9.17, 15) is 40.5 Å². The molecular formula is C24H24F6N7O7P. The van der Waals surface area contributed by atoms with Gasteiger partial charge in [0.1, 0.15) is 30.3 Å². The van der Waals surface area contributed by atoms with Gasteiger partial charge in [-0.1, -0.05) is 0 Å². The van der Waals surface area contributed by atoms with Gasteiger partial charge in [-0.2, -0.15) is 18.3 Å². The molecule has 4 heterocycles. The van der Waals surface area contributed by atoms with Crippen molar-refractivity contribution in [2.24, 2.45) is 5.92 Å². The van der Waals surface area contributed by atoms with Gasteiger partial charge in [0.25, 0.3) is 5.91 Å². The highest BCUT2D eigenvalue weighted by Crippen LogP contribution is 2.43. The van der Waals surface area contributed by atoms with Crippen molar-refractivity contribution in [3.8, 4) is 17.1 Å². The third-order valence-electron chi connectivity index (χ3n) is 7.37. The van der Waals surface area contributed by atoms with E-state index < -0.39 is 92.6 Å². The van der Waals surface area contributed by atoms with Gasteiger partial charge < -0.3 is 24.7 Å². The summed E-state index contributed by atoms with van der Waals surface area (Å²) in [7, 11) is -3.89. The molecule has 45 heavy (non-hydrogen) atoms. The number of amides is 2. The van der Waals surface area contributed by atoms with Crippen molar-refractivity contribution in [1.82, 2.24) is 29.4 Å². The van der Waals surface area contributed by atoms with E-state index in [0.29, 0.717) is 15.1 Å². The van der Waals surface area contributed by atoms with Crippen LogP contribution in [-0.4, -0.2) is 84.0 Å². The average Bonchev–Trinajstić information content (AvgIpc) is 3.51.